The highest BCUT2D eigenvalue weighted by Crippen LogP contribution is 2.39. The maximum Gasteiger partial charge on any atom is 0.186 e. The predicted octanol–water partition coefficient (Wildman–Crippen LogP) is 6.44. The number of Topliss-reactive ketones (excluding diaryl/α,β-unsaturated/α-hetero) is 1. The van der Waals surface area contributed by atoms with E-state index >= 15 is 0 Å². The Hall–Kier alpha value is -3.44. The van der Waals surface area contributed by atoms with Gasteiger partial charge in [-0.3, -0.25) is 9.59 Å². The highest BCUT2D eigenvalue weighted by molar-refractivity contribution is 8.13. The van der Waals surface area contributed by atoms with Gasteiger partial charge in [-0.2, -0.15) is 5.10 Å². The van der Waals surface area contributed by atoms with Crippen molar-refractivity contribution in [1.82, 2.24) is 9.78 Å². The van der Waals surface area contributed by atoms with Crippen LogP contribution in [0.2, 0.25) is 0 Å². The second-order valence-corrected chi connectivity index (χ2v) is 9.05. The van der Waals surface area contributed by atoms with E-state index in [2.05, 4.69) is 0 Å². The van der Waals surface area contributed by atoms with Crippen LogP contribution in [0.1, 0.15) is 40.1 Å². The van der Waals surface area contributed by atoms with Gasteiger partial charge in [-0.15, -0.1) is 0 Å². The van der Waals surface area contributed by atoms with Gasteiger partial charge in [0, 0.05) is 41.5 Å². The second-order valence-electron chi connectivity index (χ2n) is 7.67. The third-order valence-electron chi connectivity index (χ3n) is 5.21. The zero-order valence-corrected chi connectivity index (χ0v) is 18.9. The van der Waals surface area contributed by atoms with Crippen LogP contribution in [0.4, 0.5) is 0 Å². The fourth-order valence-electron chi connectivity index (χ4n) is 3.60. The summed E-state index contributed by atoms with van der Waals surface area (Å²) in [6, 6.07) is 27.2. The zero-order chi connectivity index (χ0) is 22.5. The molecule has 0 spiro atoms. The van der Waals surface area contributed by atoms with Crippen molar-refractivity contribution in [3.63, 3.8) is 0 Å². The Labute approximate surface area is 192 Å². The van der Waals surface area contributed by atoms with E-state index in [4.69, 9.17) is 5.10 Å². The Kier molecular flexibility index (Phi) is 6.66. The predicted molar refractivity (Wildman–Crippen MR) is 130 cm³/mol. The van der Waals surface area contributed by atoms with Gasteiger partial charge in [0.1, 0.15) is 0 Å². The molecule has 0 aliphatic rings. The largest absolute Gasteiger partial charge is 0.294 e. The van der Waals surface area contributed by atoms with Gasteiger partial charge in [0.2, 0.25) is 0 Å². The van der Waals surface area contributed by atoms with Crippen molar-refractivity contribution in [3.8, 4) is 16.9 Å². The molecule has 0 amide bonds. The van der Waals surface area contributed by atoms with Crippen molar-refractivity contribution in [3.05, 3.63) is 108 Å². The molecule has 0 saturated carbocycles. The first kappa shape index (κ1) is 21.8. The Morgan fingerprint density at radius 1 is 0.906 bits per heavy atom. The fourth-order valence-corrected chi connectivity index (χ4v) is 4.53. The minimum absolute atomic E-state index is 0.00617. The summed E-state index contributed by atoms with van der Waals surface area (Å²) >= 11 is 1.18. The molecule has 0 aliphatic carbocycles. The molecule has 4 nitrogen and oxygen atoms in total. The van der Waals surface area contributed by atoms with Gasteiger partial charge >= 0.3 is 0 Å². The lowest BCUT2D eigenvalue weighted by Crippen LogP contribution is -2.07. The van der Waals surface area contributed by atoms with Gasteiger partial charge in [0.25, 0.3) is 0 Å². The Morgan fingerprint density at radius 2 is 1.53 bits per heavy atom. The van der Waals surface area contributed by atoms with Crippen molar-refractivity contribution in [2.24, 2.45) is 0 Å². The molecule has 32 heavy (non-hydrogen) atoms. The molecule has 5 heteroatoms. The lowest BCUT2D eigenvalue weighted by Gasteiger charge is -2.15. The monoisotopic (exact) mass is 440 g/mol. The SMILES string of the molecule is CC(=O)S[C@@H](CC(=O)c1ccccc1)c1cn(-c2ccccc2)nc1-c1ccc(C)cc1. The number of hydrogen-bond donors (Lipinski definition) is 0. The van der Waals surface area contributed by atoms with E-state index in [1.807, 2.05) is 103 Å². The smallest absolute Gasteiger partial charge is 0.186 e. The van der Waals surface area contributed by atoms with E-state index in [-0.39, 0.29) is 22.6 Å². The van der Waals surface area contributed by atoms with Crippen LogP contribution >= 0.6 is 11.8 Å². The van der Waals surface area contributed by atoms with Crippen LogP contribution in [0.3, 0.4) is 0 Å². The lowest BCUT2D eigenvalue weighted by atomic mass is 9.99. The first-order valence-corrected chi connectivity index (χ1v) is 11.4. The molecule has 1 atom stereocenters. The second kappa shape index (κ2) is 9.79. The molecule has 1 heterocycles. The molecule has 4 rings (SSSR count). The summed E-state index contributed by atoms with van der Waals surface area (Å²) in [7, 11) is 0. The summed E-state index contributed by atoms with van der Waals surface area (Å²) in [6.45, 7) is 3.58. The van der Waals surface area contributed by atoms with Crippen LogP contribution in [0.5, 0.6) is 0 Å². The number of carbonyl (C=O) groups is 2. The normalized spacial score (nSPS) is 11.8. The zero-order valence-electron chi connectivity index (χ0n) is 18.1. The molecule has 0 saturated heterocycles. The van der Waals surface area contributed by atoms with Crippen molar-refractivity contribution < 1.29 is 9.59 Å². The molecular formula is C27H24N2O2S. The van der Waals surface area contributed by atoms with E-state index in [0.717, 1.165) is 28.1 Å². The Balaban J connectivity index is 1.79. The third kappa shape index (κ3) is 5.06. The van der Waals surface area contributed by atoms with Crippen LogP contribution in [0, 0.1) is 6.92 Å². The highest BCUT2D eigenvalue weighted by Gasteiger charge is 2.26. The Bertz CT molecular complexity index is 1220. The topological polar surface area (TPSA) is 52.0 Å². The molecule has 0 radical (unpaired) electrons. The average molecular weight is 441 g/mol. The summed E-state index contributed by atoms with van der Waals surface area (Å²) in [4.78, 5) is 25.2. The molecule has 0 N–H and O–H groups in total. The average Bonchev–Trinajstić information content (AvgIpc) is 3.25. The van der Waals surface area contributed by atoms with Crippen LogP contribution in [-0.4, -0.2) is 20.7 Å². The summed E-state index contributed by atoms with van der Waals surface area (Å²) in [5.41, 5.74) is 5.35. The number of hydrogen-bond acceptors (Lipinski definition) is 4. The summed E-state index contributed by atoms with van der Waals surface area (Å²) < 4.78 is 1.82. The van der Waals surface area contributed by atoms with Gasteiger partial charge in [-0.1, -0.05) is 90.1 Å². The molecule has 4 aromatic rings. The molecule has 160 valence electrons. The fraction of sp³-hybridized carbons (Fsp3) is 0.148. The summed E-state index contributed by atoms with van der Waals surface area (Å²) in [6.07, 6.45) is 2.16. The highest BCUT2D eigenvalue weighted by atomic mass is 32.2. The van der Waals surface area contributed by atoms with E-state index in [1.54, 1.807) is 0 Å². The number of nitrogens with zero attached hydrogens (tertiary/aromatic N) is 2. The molecule has 0 aliphatic heterocycles. The number of aryl methyl sites for hydroxylation is 1. The maximum atomic E-state index is 13.0. The summed E-state index contributed by atoms with van der Waals surface area (Å²) in [5, 5.41) is 4.50. The minimum atomic E-state index is -0.339. The lowest BCUT2D eigenvalue weighted by molar-refractivity contribution is -0.109. The van der Waals surface area contributed by atoms with Crippen LogP contribution in [0.25, 0.3) is 16.9 Å². The maximum absolute atomic E-state index is 13.0. The van der Waals surface area contributed by atoms with E-state index in [9.17, 15) is 9.59 Å². The van der Waals surface area contributed by atoms with Crippen LogP contribution in [0.15, 0.2) is 91.1 Å². The standard InChI is InChI=1S/C27H24N2O2S/c1-19-13-15-22(16-14-19)27-24(18-29(28-27)23-11-7-4-8-12-23)26(32-20(2)30)17-25(31)21-9-5-3-6-10-21/h3-16,18,26H,17H2,1-2H3/t26-/m0/s1. The number of thioether (sulfide) groups is 1. The van der Waals surface area contributed by atoms with Crippen LogP contribution < -0.4 is 0 Å². The molecule has 0 bridgehead atoms. The molecule has 3 aromatic carbocycles. The number of rotatable bonds is 7. The van der Waals surface area contributed by atoms with E-state index in [1.165, 1.54) is 18.7 Å². The van der Waals surface area contributed by atoms with Crippen molar-refractivity contribution in [2.75, 3.05) is 0 Å². The molecular weight excluding hydrogens is 416 g/mol. The first-order valence-electron chi connectivity index (χ1n) is 10.5. The molecule has 0 fully saturated rings. The number of benzene rings is 3. The molecule has 1 aromatic heterocycles. The van der Waals surface area contributed by atoms with Gasteiger partial charge < -0.3 is 0 Å². The van der Waals surface area contributed by atoms with Gasteiger partial charge in [-0.25, -0.2) is 4.68 Å². The first-order chi connectivity index (χ1) is 15.5. The number of para-hydroxylation sites is 1. The quantitative estimate of drug-likeness (QED) is 0.310. The summed E-state index contributed by atoms with van der Waals surface area (Å²) in [5.74, 6) is 0.00617. The van der Waals surface area contributed by atoms with E-state index < -0.39 is 0 Å². The number of aromatic nitrogens is 2. The van der Waals surface area contributed by atoms with Gasteiger partial charge in [0.05, 0.1) is 11.4 Å². The number of ketones is 1. The molecule has 0 unspecified atom stereocenters. The third-order valence-corrected chi connectivity index (χ3v) is 6.25. The van der Waals surface area contributed by atoms with Crippen molar-refractivity contribution in [2.45, 2.75) is 25.5 Å². The van der Waals surface area contributed by atoms with Crippen molar-refractivity contribution in [1.29, 1.82) is 0 Å². The van der Waals surface area contributed by atoms with E-state index in [0.29, 0.717) is 5.56 Å². The minimum Gasteiger partial charge on any atom is -0.294 e. The van der Waals surface area contributed by atoms with Crippen molar-refractivity contribution >= 4 is 22.7 Å². The number of carbonyl (C=O) groups excluding carboxylic acids is 2. The Morgan fingerprint density at radius 3 is 2.16 bits per heavy atom. The van der Waals surface area contributed by atoms with Crippen LogP contribution in [-0.2, 0) is 4.79 Å². The van der Waals surface area contributed by atoms with Gasteiger partial charge in [0.15, 0.2) is 10.9 Å². The van der Waals surface area contributed by atoms with Gasteiger partial charge in [-0.05, 0) is 19.1 Å².